The van der Waals surface area contributed by atoms with Gasteiger partial charge in [0.25, 0.3) is 0 Å². The summed E-state index contributed by atoms with van der Waals surface area (Å²) in [5.74, 6) is 0.359. The van der Waals surface area contributed by atoms with Gasteiger partial charge in [-0.15, -0.1) is 11.8 Å². The van der Waals surface area contributed by atoms with Crippen molar-refractivity contribution in [3.05, 3.63) is 35.9 Å². The molecule has 1 saturated heterocycles. The summed E-state index contributed by atoms with van der Waals surface area (Å²) in [6.45, 7) is 1.74. The SMILES string of the molecule is O=C(N1CCC2(CC1)N=CC1(CCCCC1)S2)C1(c2ccccc2)CC1. The maximum Gasteiger partial charge on any atom is 0.233 e. The number of benzene rings is 1. The van der Waals surface area contributed by atoms with Crippen LogP contribution in [0.5, 0.6) is 0 Å². The number of aliphatic imine (C=N–C) groups is 1. The smallest absolute Gasteiger partial charge is 0.233 e. The molecule has 1 amide bonds. The molecule has 0 aromatic heterocycles. The molecule has 138 valence electrons. The number of rotatable bonds is 2. The van der Waals surface area contributed by atoms with E-state index in [9.17, 15) is 4.79 Å². The molecule has 5 rings (SSSR count). The number of carbonyl (C=O) groups excluding carboxylic acids is 1. The average molecular weight is 369 g/mol. The first-order valence-electron chi connectivity index (χ1n) is 10.3. The molecule has 2 heterocycles. The average Bonchev–Trinajstić information content (AvgIpc) is 3.44. The second-order valence-electron chi connectivity index (χ2n) is 8.67. The zero-order valence-electron chi connectivity index (χ0n) is 15.5. The largest absolute Gasteiger partial charge is 0.342 e. The fourth-order valence-electron chi connectivity index (χ4n) is 5.15. The van der Waals surface area contributed by atoms with Gasteiger partial charge in [0.2, 0.25) is 5.91 Å². The Kier molecular flexibility index (Phi) is 3.97. The molecule has 2 saturated carbocycles. The lowest BCUT2D eigenvalue weighted by molar-refractivity contribution is -0.135. The Morgan fingerprint density at radius 1 is 0.923 bits per heavy atom. The lowest BCUT2D eigenvalue weighted by Gasteiger charge is -2.41. The zero-order chi connectivity index (χ0) is 17.7. The molecule has 26 heavy (non-hydrogen) atoms. The van der Waals surface area contributed by atoms with E-state index in [1.165, 1.54) is 37.7 Å². The summed E-state index contributed by atoms with van der Waals surface area (Å²) >= 11 is 2.13. The summed E-state index contributed by atoms with van der Waals surface area (Å²) in [4.78, 5) is 20.5. The van der Waals surface area contributed by atoms with Gasteiger partial charge in [0.1, 0.15) is 4.87 Å². The molecule has 3 fully saturated rings. The standard InChI is InChI=1S/C22H28N2OS/c25-19(21(11-12-21)18-7-3-1-4-8-18)24-15-13-22(14-16-24)23-17-20(26-22)9-5-2-6-10-20/h1,3-4,7-8,17H,2,5-6,9-16H2. The number of thioether (sulfide) groups is 1. The number of nitrogens with zero attached hydrogens (tertiary/aromatic N) is 2. The van der Waals surface area contributed by atoms with E-state index in [1.54, 1.807) is 0 Å². The number of hydrogen-bond acceptors (Lipinski definition) is 3. The van der Waals surface area contributed by atoms with Crippen LogP contribution in [0.4, 0.5) is 0 Å². The number of hydrogen-bond donors (Lipinski definition) is 0. The van der Waals surface area contributed by atoms with Gasteiger partial charge in [0, 0.05) is 19.3 Å². The van der Waals surface area contributed by atoms with Gasteiger partial charge in [-0.05, 0) is 44.1 Å². The predicted octanol–water partition coefficient (Wildman–Crippen LogP) is 4.56. The first-order valence-corrected chi connectivity index (χ1v) is 11.1. The Morgan fingerprint density at radius 2 is 1.62 bits per heavy atom. The van der Waals surface area contributed by atoms with Crippen LogP contribution in [0.25, 0.3) is 0 Å². The molecule has 0 atom stereocenters. The first-order chi connectivity index (χ1) is 12.7. The minimum Gasteiger partial charge on any atom is -0.342 e. The van der Waals surface area contributed by atoms with Crippen LogP contribution in [0, 0.1) is 0 Å². The Balaban J connectivity index is 1.25. The van der Waals surface area contributed by atoms with Crippen molar-refractivity contribution in [2.24, 2.45) is 4.99 Å². The van der Waals surface area contributed by atoms with E-state index in [4.69, 9.17) is 4.99 Å². The van der Waals surface area contributed by atoms with Crippen molar-refractivity contribution in [2.75, 3.05) is 13.1 Å². The summed E-state index contributed by atoms with van der Waals surface area (Å²) < 4.78 is 0.312. The molecule has 0 bridgehead atoms. The Labute approximate surface area is 160 Å². The Bertz CT molecular complexity index is 711. The van der Waals surface area contributed by atoms with E-state index < -0.39 is 0 Å². The van der Waals surface area contributed by atoms with Crippen molar-refractivity contribution in [3.63, 3.8) is 0 Å². The summed E-state index contributed by atoms with van der Waals surface area (Å²) in [5, 5.41) is 0. The monoisotopic (exact) mass is 368 g/mol. The molecule has 2 aliphatic heterocycles. The summed E-state index contributed by atoms with van der Waals surface area (Å²) in [6, 6.07) is 10.4. The van der Waals surface area contributed by atoms with Crippen LogP contribution in [-0.2, 0) is 10.2 Å². The van der Waals surface area contributed by atoms with Crippen molar-refractivity contribution in [2.45, 2.75) is 72.8 Å². The third-order valence-electron chi connectivity index (χ3n) is 6.95. The van der Waals surface area contributed by atoms with Crippen LogP contribution >= 0.6 is 11.8 Å². The quantitative estimate of drug-likeness (QED) is 0.767. The summed E-state index contributed by atoms with van der Waals surface area (Å²) in [7, 11) is 0. The number of piperidine rings is 1. The summed E-state index contributed by atoms with van der Waals surface area (Å²) in [6.07, 6.45) is 13.0. The molecule has 0 unspecified atom stereocenters. The molecule has 2 aliphatic carbocycles. The summed E-state index contributed by atoms with van der Waals surface area (Å²) in [5.41, 5.74) is 0.988. The molecule has 4 aliphatic rings. The van der Waals surface area contributed by atoms with Crippen LogP contribution in [0.3, 0.4) is 0 Å². The Morgan fingerprint density at radius 3 is 2.27 bits per heavy atom. The molecule has 1 aromatic rings. The zero-order valence-corrected chi connectivity index (χ0v) is 16.3. The van der Waals surface area contributed by atoms with Gasteiger partial charge in [0.15, 0.2) is 0 Å². The molecule has 2 spiro atoms. The topological polar surface area (TPSA) is 32.7 Å². The van der Waals surface area contributed by atoms with E-state index in [0.717, 1.165) is 38.8 Å². The fraction of sp³-hybridized carbons (Fsp3) is 0.636. The van der Waals surface area contributed by atoms with E-state index >= 15 is 0 Å². The van der Waals surface area contributed by atoms with Crippen molar-refractivity contribution < 1.29 is 4.79 Å². The minimum atomic E-state index is -0.220. The number of likely N-dealkylation sites (tertiary alicyclic amines) is 1. The second kappa shape index (κ2) is 6.12. The van der Waals surface area contributed by atoms with Crippen molar-refractivity contribution in [1.82, 2.24) is 4.90 Å². The normalized spacial score (nSPS) is 27.8. The van der Waals surface area contributed by atoms with Crippen molar-refractivity contribution in [3.8, 4) is 0 Å². The predicted molar refractivity (Wildman–Crippen MR) is 108 cm³/mol. The van der Waals surface area contributed by atoms with Crippen LogP contribution in [0.2, 0.25) is 0 Å². The molecule has 0 N–H and O–H groups in total. The second-order valence-corrected chi connectivity index (χ2v) is 10.4. The van der Waals surface area contributed by atoms with E-state index in [2.05, 4.69) is 47.1 Å². The molecule has 0 radical (unpaired) electrons. The van der Waals surface area contributed by atoms with E-state index in [1.807, 2.05) is 6.07 Å². The van der Waals surface area contributed by atoms with Gasteiger partial charge in [-0.1, -0.05) is 49.6 Å². The lowest BCUT2D eigenvalue weighted by Crippen LogP contribution is -2.48. The van der Waals surface area contributed by atoms with Gasteiger partial charge in [0.05, 0.1) is 10.2 Å². The minimum absolute atomic E-state index is 0.0532. The maximum absolute atomic E-state index is 13.3. The van der Waals surface area contributed by atoms with Gasteiger partial charge in [-0.25, -0.2) is 0 Å². The highest BCUT2D eigenvalue weighted by Gasteiger charge is 2.55. The molecular weight excluding hydrogens is 340 g/mol. The van der Waals surface area contributed by atoms with Gasteiger partial charge in [-0.3, -0.25) is 9.79 Å². The van der Waals surface area contributed by atoms with Gasteiger partial charge in [-0.2, -0.15) is 0 Å². The van der Waals surface area contributed by atoms with Crippen molar-refractivity contribution >= 4 is 23.9 Å². The fourth-order valence-corrected chi connectivity index (χ4v) is 7.00. The van der Waals surface area contributed by atoms with Gasteiger partial charge < -0.3 is 4.90 Å². The third-order valence-corrected chi connectivity index (χ3v) is 8.76. The number of amides is 1. The molecular formula is C22H28N2OS. The highest BCUT2D eigenvalue weighted by Crippen LogP contribution is 2.55. The van der Waals surface area contributed by atoms with Crippen LogP contribution in [0.1, 0.15) is 63.4 Å². The third kappa shape index (κ3) is 2.72. The van der Waals surface area contributed by atoms with Gasteiger partial charge >= 0.3 is 0 Å². The maximum atomic E-state index is 13.3. The van der Waals surface area contributed by atoms with Crippen LogP contribution in [-0.4, -0.2) is 39.7 Å². The lowest BCUT2D eigenvalue weighted by atomic mass is 9.89. The van der Waals surface area contributed by atoms with E-state index in [0.29, 0.717) is 10.7 Å². The molecule has 3 nitrogen and oxygen atoms in total. The number of carbonyl (C=O) groups is 1. The van der Waals surface area contributed by atoms with Crippen LogP contribution in [0.15, 0.2) is 35.3 Å². The van der Waals surface area contributed by atoms with Crippen LogP contribution < -0.4 is 0 Å². The molecule has 4 heteroatoms. The van der Waals surface area contributed by atoms with Crippen molar-refractivity contribution in [1.29, 1.82) is 0 Å². The first kappa shape index (κ1) is 16.9. The Hall–Kier alpha value is -1.29. The highest BCUT2D eigenvalue weighted by molar-refractivity contribution is 8.03. The molecule has 1 aromatic carbocycles. The van der Waals surface area contributed by atoms with E-state index in [-0.39, 0.29) is 10.3 Å². The highest BCUT2D eigenvalue weighted by atomic mass is 32.2.